The van der Waals surface area contributed by atoms with Gasteiger partial charge in [0.2, 0.25) is 0 Å². The summed E-state index contributed by atoms with van der Waals surface area (Å²) in [6.07, 6.45) is -3.18. The summed E-state index contributed by atoms with van der Waals surface area (Å²) in [5.41, 5.74) is 0. The van der Waals surface area contributed by atoms with Crippen LogP contribution in [0.4, 0.5) is 0 Å². The molecule has 16 heavy (non-hydrogen) atoms. The summed E-state index contributed by atoms with van der Waals surface area (Å²) in [5.74, 6) is -0.747. The van der Waals surface area contributed by atoms with Gasteiger partial charge in [0.05, 0.1) is 6.61 Å². The van der Waals surface area contributed by atoms with Gasteiger partial charge >= 0.3 is 0 Å². The third-order valence-corrected chi connectivity index (χ3v) is 2.90. The van der Waals surface area contributed by atoms with Gasteiger partial charge in [0.15, 0.2) is 12.1 Å². The first-order valence-corrected chi connectivity index (χ1v) is 5.31. The Morgan fingerprint density at radius 3 is 2.56 bits per heavy atom. The van der Waals surface area contributed by atoms with Gasteiger partial charge < -0.3 is 29.2 Å². The van der Waals surface area contributed by atoms with Crippen molar-refractivity contribution in [3.8, 4) is 0 Å². The first kappa shape index (κ1) is 12.2. The Hall–Kier alpha value is -0.240. The summed E-state index contributed by atoms with van der Waals surface area (Å²) in [6.45, 7) is 3.30. The molecule has 0 saturated carbocycles. The molecule has 0 amide bonds. The van der Waals surface area contributed by atoms with Crippen molar-refractivity contribution >= 4 is 0 Å². The molecule has 6 heteroatoms. The van der Waals surface area contributed by atoms with Crippen LogP contribution in [0, 0.1) is 0 Å². The van der Waals surface area contributed by atoms with Crippen LogP contribution in [-0.2, 0) is 18.9 Å². The molecule has 0 aromatic heterocycles. The second-order valence-corrected chi connectivity index (χ2v) is 4.52. The van der Waals surface area contributed by atoms with Gasteiger partial charge in [-0.05, 0) is 13.8 Å². The summed E-state index contributed by atoms with van der Waals surface area (Å²) >= 11 is 0. The largest absolute Gasteiger partial charge is 0.394 e. The minimum Gasteiger partial charge on any atom is -0.394 e. The van der Waals surface area contributed by atoms with Crippen LogP contribution in [0.1, 0.15) is 13.8 Å². The first-order valence-electron chi connectivity index (χ1n) is 5.31. The summed E-state index contributed by atoms with van der Waals surface area (Å²) in [7, 11) is 1.46. The van der Waals surface area contributed by atoms with Gasteiger partial charge in [0.1, 0.15) is 24.4 Å². The molecule has 0 unspecified atom stereocenters. The van der Waals surface area contributed by atoms with Gasteiger partial charge in [-0.15, -0.1) is 0 Å². The van der Waals surface area contributed by atoms with Crippen molar-refractivity contribution in [1.82, 2.24) is 0 Å². The molecule has 0 radical (unpaired) electrons. The lowest BCUT2D eigenvalue weighted by atomic mass is 10.1. The number of aliphatic hydroxyl groups is 2. The van der Waals surface area contributed by atoms with Crippen molar-refractivity contribution in [1.29, 1.82) is 0 Å². The SMILES string of the molecule is CO[C@H](CO)[C@H]1O[C@@H]2OC(C)(C)O[C@@H]2[C@H]1O. The molecule has 0 bridgehead atoms. The molecule has 0 aromatic carbocycles. The number of hydrogen-bond acceptors (Lipinski definition) is 6. The average molecular weight is 234 g/mol. The van der Waals surface area contributed by atoms with E-state index in [4.69, 9.17) is 24.1 Å². The Bertz CT molecular complexity index is 252. The van der Waals surface area contributed by atoms with E-state index < -0.39 is 36.5 Å². The summed E-state index contributed by atoms with van der Waals surface area (Å²) in [5, 5.41) is 19.1. The standard InChI is InChI=1S/C10H18O6/c1-10(2)15-8-6(12)7(5(4-11)13-3)14-9(8)16-10/h5-9,11-12H,4H2,1-3H3/t5-,6+,7-,8-,9-/m1/s1. The van der Waals surface area contributed by atoms with Crippen molar-refractivity contribution in [3.63, 3.8) is 0 Å². The van der Waals surface area contributed by atoms with Crippen molar-refractivity contribution in [3.05, 3.63) is 0 Å². The maximum Gasteiger partial charge on any atom is 0.190 e. The molecule has 2 aliphatic rings. The Balaban J connectivity index is 2.04. The van der Waals surface area contributed by atoms with Crippen LogP contribution in [0.15, 0.2) is 0 Å². The van der Waals surface area contributed by atoms with Gasteiger partial charge in [0, 0.05) is 7.11 Å². The third kappa shape index (κ3) is 1.97. The molecule has 2 rings (SSSR count). The Labute approximate surface area is 94.1 Å². The molecular weight excluding hydrogens is 216 g/mol. The molecule has 0 spiro atoms. The maximum atomic E-state index is 10.0. The molecule has 6 nitrogen and oxygen atoms in total. The molecule has 2 N–H and O–H groups in total. The molecule has 0 aliphatic carbocycles. The number of aliphatic hydroxyl groups excluding tert-OH is 2. The highest BCUT2D eigenvalue weighted by atomic mass is 16.8. The predicted molar refractivity (Wildman–Crippen MR) is 52.6 cm³/mol. The molecule has 2 heterocycles. The van der Waals surface area contributed by atoms with E-state index in [1.54, 1.807) is 13.8 Å². The first-order chi connectivity index (χ1) is 7.48. The van der Waals surface area contributed by atoms with Crippen LogP contribution >= 0.6 is 0 Å². The minimum absolute atomic E-state index is 0.221. The lowest BCUT2D eigenvalue weighted by molar-refractivity contribution is -0.229. The van der Waals surface area contributed by atoms with E-state index in [1.807, 2.05) is 0 Å². The molecule has 94 valence electrons. The highest BCUT2D eigenvalue weighted by Crippen LogP contribution is 2.38. The Morgan fingerprint density at radius 1 is 1.38 bits per heavy atom. The molecule has 2 fully saturated rings. The van der Waals surface area contributed by atoms with Gasteiger partial charge in [-0.1, -0.05) is 0 Å². The smallest absolute Gasteiger partial charge is 0.190 e. The van der Waals surface area contributed by atoms with Gasteiger partial charge in [-0.3, -0.25) is 0 Å². The monoisotopic (exact) mass is 234 g/mol. The number of ether oxygens (including phenoxy) is 4. The summed E-state index contributed by atoms with van der Waals surface area (Å²) in [6, 6.07) is 0. The van der Waals surface area contributed by atoms with E-state index in [1.165, 1.54) is 7.11 Å². The van der Waals surface area contributed by atoms with E-state index in [9.17, 15) is 5.11 Å². The average Bonchev–Trinajstić information content (AvgIpc) is 2.65. The van der Waals surface area contributed by atoms with Gasteiger partial charge in [-0.2, -0.15) is 0 Å². The fraction of sp³-hybridized carbons (Fsp3) is 1.00. The van der Waals surface area contributed by atoms with Crippen LogP contribution in [0.25, 0.3) is 0 Å². The fourth-order valence-electron chi connectivity index (χ4n) is 2.14. The van der Waals surface area contributed by atoms with E-state index in [0.717, 1.165) is 0 Å². The number of rotatable bonds is 3. The minimum atomic E-state index is -0.858. The Morgan fingerprint density at radius 2 is 2.06 bits per heavy atom. The van der Waals surface area contributed by atoms with Gasteiger partial charge in [-0.25, -0.2) is 0 Å². The van der Waals surface area contributed by atoms with Crippen molar-refractivity contribution in [2.45, 2.75) is 50.3 Å². The quantitative estimate of drug-likeness (QED) is 0.668. The van der Waals surface area contributed by atoms with E-state index in [0.29, 0.717) is 0 Å². The van der Waals surface area contributed by atoms with Crippen molar-refractivity contribution in [2.24, 2.45) is 0 Å². The highest BCUT2D eigenvalue weighted by Gasteiger charge is 2.56. The summed E-state index contributed by atoms with van der Waals surface area (Å²) in [4.78, 5) is 0. The Kier molecular flexibility index (Phi) is 3.22. The van der Waals surface area contributed by atoms with E-state index in [-0.39, 0.29) is 6.61 Å². The summed E-state index contributed by atoms with van der Waals surface area (Å²) < 4.78 is 21.5. The van der Waals surface area contributed by atoms with E-state index in [2.05, 4.69) is 0 Å². The van der Waals surface area contributed by atoms with Crippen LogP contribution in [0.5, 0.6) is 0 Å². The number of methoxy groups -OCH3 is 1. The predicted octanol–water partition coefficient (Wildman–Crippen LogP) is -0.769. The number of hydrogen-bond donors (Lipinski definition) is 2. The van der Waals surface area contributed by atoms with Crippen LogP contribution in [0.2, 0.25) is 0 Å². The molecule has 2 saturated heterocycles. The molecule has 5 atom stereocenters. The molecular formula is C10H18O6. The van der Waals surface area contributed by atoms with Crippen LogP contribution < -0.4 is 0 Å². The third-order valence-electron chi connectivity index (χ3n) is 2.90. The van der Waals surface area contributed by atoms with Crippen LogP contribution in [-0.4, -0.2) is 60.4 Å². The van der Waals surface area contributed by atoms with Crippen LogP contribution in [0.3, 0.4) is 0 Å². The zero-order valence-corrected chi connectivity index (χ0v) is 9.62. The normalized spacial score (nSPS) is 43.3. The van der Waals surface area contributed by atoms with Crippen molar-refractivity contribution in [2.75, 3.05) is 13.7 Å². The second-order valence-electron chi connectivity index (χ2n) is 4.52. The number of fused-ring (bicyclic) bond motifs is 1. The lowest BCUT2D eigenvalue weighted by Gasteiger charge is -2.26. The molecule has 2 aliphatic heterocycles. The fourth-order valence-corrected chi connectivity index (χ4v) is 2.14. The molecule has 0 aromatic rings. The second kappa shape index (κ2) is 4.21. The van der Waals surface area contributed by atoms with Crippen molar-refractivity contribution < 1.29 is 29.2 Å². The van der Waals surface area contributed by atoms with Gasteiger partial charge in [0.25, 0.3) is 0 Å². The van der Waals surface area contributed by atoms with E-state index >= 15 is 0 Å². The maximum absolute atomic E-state index is 10.0. The highest BCUT2D eigenvalue weighted by molar-refractivity contribution is 4.95. The zero-order chi connectivity index (χ0) is 11.9. The zero-order valence-electron chi connectivity index (χ0n) is 9.62. The lowest BCUT2D eigenvalue weighted by Crippen LogP contribution is -2.43. The topological polar surface area (TPSA) is 77.4 Å².